The molecular weight excluding hydrogens is 362 g/mol. The Balaban J connectivity index is 1.43. The van der Waals surface area contributed by atoms with Crippen LogP contribution in [0.15, 0.2) is 78.9 Å². The predicted molar refractivity (Wildman–Crippen MR) is 113 cm³/mol. The Morgan fingerprint density at radius 2 is 1.31 bits per heavy atom. The summed E-state index contributed by atoms with van der Waals surface area (Å²) in [4.78, 5) is 0. The highest BCUT2D eigenvalue weighted by atomic mass is 16.5. The van der Waals surface area contributed by atoms with E-state index in [2.05, 4.69) is 18.2 Å². The Morgan fingerprint density at radius 3 is 2.00 bits per heavy atom. The lowest BCUT2D eigenvalue weighted by molar-refractivity contribution is 0.113. The van der Waals surface area contributed by atoms with Crippen LogP contribution in [0.2, 0.25) is 0 Å². The molecule has 4 nitrogen and oxygen atoms in total. The minimum atomic E-state index is 0.455. The molecule has 0 radical (unpaired) electrons. The van der Waals surface area contributed by atoms with Crippen LogP contribution in [0.3, 0.4) is 0 Å². The largest absolute Gasteiger partial charge is 0.490 e. The fraction of sp³-hybridized carbons (Fsp3) is 0.240. The van der Waals surface area contributed by atoms with E-state index in [1.165, 1.54) is 5.56 Å². The molecule has 3 aromatic carbocycles. The third-order valence-corrected chi connectivity index (χ3v) is 4.36. The first-order valence-electron chi connectivity index (χ1n) is 9.80. The van der Waals surface area contributed by atoms with Gasteiger partial charge in [-0.15, -0.1) is 0 Å². The van der Waals surface area contributed by atoms with E-state index in [0.717, 1.165) is 18.4 Å². The van der Waals surface area contributed by atoms with Crippen molar-refractivity contribution in [2.45, 2.75) is 26.1 Å². The maximum atomic E-state index is 9.16. The van der Waals surface area contributed by atoms with Gasteiger partial charge in [0, 0.05) is 12.7 Å². The van der Waals surface area contributed by atoms with Crippen molar-refractivity contribution in [3.8, 4) is 17.6 Å². The Hall–Kier alpha value is -3.29. The van der Waals surface area contributed by atoms with Crippen LogP contribution in [0.4, 0.5) is 0 Å². The molecule has 0 aliphatic heterocycles. The molecule has 0 saturated carbocycles. The zero-order valence-electron chi connectivity index (χ0n) is 16.4. The third kappa shape index (κ3) is 6.99. The van der Waals surface area contributed by atoms with Gasteiger partial charge in [0.15, 0.2) is 11.5 Å². The molecule has 0 aliphatic rings. The normalized spacial score (nSPS) is 10.3. The van der Waals surface area contributed by atoms with E-state index in [9.17, 15) is 0 Å². The first-order chi connectivity index (χ1) is 14.3. The van der Waals surface area contributed by atoms with Crippen LogP contribution in [0.25, 0.3) is 0 Å². The highest BCUT2D eigenvalue weighted by Crippen LogP contribution is 2.29. The van der Waals surface area contributed by atoms with Gasteiger partial charge in [0.05, 0.1) is 24.8 Å². The van der Waals surface area contributed by atoms with E-state index in [0.29, 0.717) is 43.5 Å². The Labute approximate surface area is 172 Å². The van der Waals surface area contributed by atoms with Crippen LogP contribution >= 0.6 is 0 Å². The standard InChI is InChI=1S/C25H25NO3/c26-18-23-13-14-24(29-20-22-11-5-2-6-12-22)25(17-23)28-16-8-7-15-27-19-21-9-3-1-4-10-21/h1-6,9-14,17H,7-8,15-16,19-20H2. The Kier molecular flexibility index (Phi) is 8.13. The van der Waals surface area contributed by atoms with E-state index in [4.69, 9.17) is 19.5 Å². The van der Waals surface area contributed by atoms with Crippen LogP contribution in [-0.4, -0.2) is 13.2 Å². The van der Waals surface area contributed by atoms with Gasteiger partial charge < -0.3 is 14.2 Å². The second kappa shape index (κ2) is 11.5. The smallest absolute Gasteiger partial charge is 0.162 e. The van der Waals surface area contributed by atoms with Crippen LogP contribution < -0.4 is 9.47 Å². The van der Waals surface area contributed by atoms with Gasteiger partial charge >= 0.3 is 0 Å². The lowest BCUT2D eigenvalue weighted by atomic mass is 10.2. The Bertz CT molecular complexity index is 904. The zero-order valence-corrected chi connectivity index (χ0v) is 16.4. The summed E-state index contributed by atoms with van der Waals surface area (Å²) in [6, 6.07) is 27.5. The van der Waals surface area contributed by atoms with Crippen LogP contribution in [-0.2, 0) is 18.0 Å². The molecule has 29 heavy (non-hydrogen) atoms. The SMILES string of the molecule is N#Cc1ccc(OCc2ccccc2)c(OCCCCOCc2ccccc2)c1. The van der Waals surface area contributed by atoms with Gasteiger partial charge in [0.25, 0.3) is 0 Å². The van der Waals surface area contributed by atoms with Crippen molar-refractivity contribution in [3.05, 3.63) is 95.6 Å². The van der Waals surface area contributed by atoms with E-state index in [1.54, 1.807) is 18.2 Å². The summed E-state index contributed by atoms with van der Waals surface area (Å²) in [5.41, 5.74) is 2.81. The van der Waals surface area contributed by atoms with Crippen LogP contribution in [0.1, 0.15) is 29.5 Å². The van der Waals surface area contributed by atoms with Gasteiger partial charge in [-0.05, 0) is 36.1 Å². The Morgan fingerprint density at radius 1 is 0.655 bits per heavy atom. The number of ether oxygens (including phenoxy) is 3. The van der Waals surface area contributed by atoms with Crippen molar-refractivity contribution in [1.82, 2.24) is 0 Å². The van der Waals surface area contributed by atoms with Gasteiger partial charge in [0.1, 0.15) is 6.61 Å². The molecule has 0 aromatic heterocycles. The summed E-state index contributed by atoms with van der Waals surface area (Å²) in [6.45, 7) is 2.32. The van der Waals surface area contributed by atoms with Crippen molar-refractivity contribution in [2.24, 2.45) is 0 Å². The average molecular weight is 387 g/mol. The molecule has 0 N–H and O–H groups in total. The van der Waals surface area contributed by atoms with Gasteiger partial charge in [-0.2, -0.15) is 5.26 Å². The second-order valence-electron chi connectivity index (χ2n) is 6.64. The molecule has 0 unspecified atom stereocenters. The van der Waals surface area contributed by atoms with E-state index < -0.39 is 0 Å². The lowest BCUT2D eigenvalue weighted by Gasteiger charge is -2.13. The summed E-state index contributed by atoms with van der Waals surface area (Å²) >= 11 is 0. The van der Waals surface area contributed by atoms with Crippen molar-refractivity contribution in [3.63, 3.8) is 0 Å². The lowest BCUT2D eigenvalue weighted by Crippen LogP contribution is -2.03. The first kappa shape index (κ1) is 20.4. The fourth-order valence-corrected chi connectivity index (χ4v) is 2.80. The molecule has 3 aromatic rings. The second-order valence-corrected chi connectivity index (χ2v) is 6.64. The van der Waals surface area contributed by atoms with Crippen molar-refractivity contribution in [2.75, 3.05) is 13.2 Å². The molecule has 0 amide bonds. The average Bonchev–Trinajstić information content (AvgIpc) is 2.78. The van der Waals surface area contributed by atoms with Crippen LogP contribution in [0, 0.1) is 11.3 Å². The molecule has 0 fully saturated rings. The number of unbranched alkanes of at least 4 members (excludes halogenated alkanes) is 1. The maximum Gasteiger partial charge on any atom is 0.162 e. The van der Waals surface area contributed by atoms with E-state index in [1.807, 2.05) is 48.5 Å². The molecule has 0 atom stereocenters. The van der Waals surface area contributed by atoms with Gasteiger partial charge in [-0.25, -0.2) is 0 Å². The van der Waals surface area contributed by atoms with Crippen molar-refractivity contribution in [1.29, 1.82) is 5.26 Å². The monoisotopic (exact) mass is 387 g/mol. The number of benzene rings is 3. The number of rotatable bonds is 11. The number of nitriles is 1. The van der Waals surface area contributed by atoms with Gasteiger partial charge in [-0.1, -0.05) is 60.7 Å². The van der Waals surface area contributed by atoms with Crippen molar-refractivity contribution >= 4 is 0 Å². The predicted octanol–water partition coefficient (Wildman–Crippen LogP) is 5.51. The number of hydrogen-bond donors (Lipinski definition) is 0. The molecule has 148 valence electrons. The van der Waals surface area contributed by atoms with Crippen molar-refractivity contribution < 1.29 is 14.2 Å². The summed E-state index contributed by atoms with van der Waals surface area (Å²) in [7, 11) is 0. The third-order valence-electron chi connectivity index (χ3n) is 4.36. The van der Waals surface area contributed by atoms with Gasteiger partial charge in [-0.3, -0.25) is 0 Å². The topological polar surface area (TPSA) is 51.5 Å². The van der Waals surface area contributed by atoms with E-state index in [-0.39, 0.29) is 0 Å². The molecular formula is C25H25NO3. The zero-order chi connectivity index (χ0) is 20.2. The highest BCUT2D eigenvalue weighted by molar-refractivity contribution is 5.46. The molecule has 3 rings (SSSR count). The summed E-state index contributed by atoms with van der Waals surface area (Å²) in [6.07, 6.45) is 1.77. The molecule has 0 aliphatic carbocycles. The summed E-state index contributed by atoms with van der Waals surface area (Å²) < 4.78 is 17.5. The quantitative estimate of drug-likeness (QED) is 0.407. The summed E-state index contributed by atoms with van der Waals surface area (Å²) in [5.74, 6) is 1.25. The molecule has 0 bridgehead atoms. The highest BCUT2D eigenvalue weighted by Gasteiger charge is 2.07. The van der Waals surface area contributed by atoms with Crippen LogP contribution in [0.5, 0.6) is 11.5 Å². The number of hydrogen-bond acceptors (Lipinski definition) is 4. The molecule has 4 heteroatoms. The maximum absolute atomic E-state index is 9.16. The molecule has 0 saturated heterocycles. The van der Waals surface area contributed by atoms with E-state index >= 15 is 0 Å². The van der Waals surface area contributed by atoms with Gasteiger partial charge in [0.2, 0.25) is 0 Å². The minimum Gasteiger partial charge on any atom is -0.490 e. The molecule has 0 spiro atoms. The number of nitrogens with zero attached hydrogens (tertiary/aromatic N) is 1. The minimum absolute atomic E-state index is 0.455. The molecule has 0 heterocycles. The summed E-state index contributed by atoms with van der Waals surface area (Å²) in [5, 5.41) is 9.16. The first-order valence-corrected chi connectivity index (χ1v) is 9.80. The fourth-order valence-electron chi connectivity index (χ4n) is 2.80.